The molecular weight excluding hydrogens is 550 g/mol. The predicted octanol–water partition coefficient (Wildman–Crippen LogP) is 13.6. The number of amides is 1. The minimum absolute atomic E-state index is 0.164. The summed E-state index contributed by atoms with van der Waals surface area (Å²) in [6.07, 6.45) is 44.5. The van der Waals surface area contributed by atoms with E-state index in [1.54, 1.807) is 7.11 Å². The Hall–Kier alpha value is -1.77. The number of ether oxygens (including phenoxy) is 1. The van der Waals surface area contributed by atoms with E-state index in [4.69, 9.17) is 10.5 Å². The van der Waals surface area contributed by atoms with Crippen LogP contribution in [0.25, 0.3) is 0 Å². The molecule has 2 N–H and O–H groups in total. The molecule has 0 radical (unpaired) electrons. The number of carbonyl (C=O) groups is 1. The van der Waals surface area contributed by atoms with E-state index >= 15 is 0 Å². The number of benzene rings is 1. The van der Waals surface area contributed by atoms with E-state index in [1.165, 1.54) is 179 Å². The van der Waals surface area contributed by atoms with Crippen molar-refractivity contribution in [3.05, 3.63) is 42.0 Å². The molecule has 0 aliphatic carbocycles. The highest BCUT2D eigenvalue weighted by Gasteiger charge is 1.98. The summed E-state index contributed by atoms with van der Waals surface area (Å²) in [6, 6.07) is 8.51. The van der Waals surface area contributed by atoms with E-state index in [2.05, 4.69) is 44.2 Å². The van der Waals surface area contributed by atoms with Gasteiger partial charge in [-0.25, -0.2) is 0 Å². The van der Waals surface area contributed by atoms with Gasteiger partial charge in [-0.1, -0.05) is 179 Å². The van der Waals surface area contributed by atoms with Gasteiger partial charge in [-0.2, -0.15) is 0 Å². The van der Waals surface area contributed by atoms with Crippen LogP contribution in [0.4, 0.5) is 0 Å². The van der Waals surface area contributed by atoms with Crippen LogP contribution in [0, 0.1) is 0 Å². The lowest BCUT2D eigenvalue weighted by Crippen LogP contribution is -2.09. The van der Waals surface area contributed by atoms with Crippen LogP contribution in [0.15, 0.2) is 36.4 Å². The molecule has 0 heterocycles. The van der Waals surface area contributed by atoms with Gasteiger partial charge < -0.3 is 10.5 Å². The van der Waals surface area contributed by atoms with Crippen LogP contribution in [-0.4, -0.2) is 13.0 Å². The quantitative estimate of drug-likeness (QED) is 0.0638. The standard InChI is InChI=1S/C24H42O.C18H35NO/c1-3-4-5-6-7-8-9-10-11-12-13-14-15-16-17-19-23-20-18-21-24(22-23)25-2;1-2-3-4-5-6-7-8-9-10-11-12-13-14-15-16-17-18(19)20/h18,20-22H,3-17,19H2,1-2H3;9-10H,2-8,11-17H2,1H3,(H2,19,20)/b;10-9-. The smallest absolute Gasteiger partial charge is 0.217 e. The molecule has 3 nitrogen and oxygen atoms in total. The first kappa shape index (κ1) is 43.2. The summed E-state index contributed by atoms with van der Waals surface area (Å²) >= 11 is 0. The number of rotatable bonds is 32. The lowest BCUT2D eigenvalue weighted by molar-refractivity contribution is -0.118. The molecular formula is C42H77NO2. The number of primary amides is 1. The number of nitrogens with two attached hydrogens (primary N) is 1. The van der Waals surface area contributed by atoms with Crippen LogP contribution in [0.1, 0.15) is 206 Å². The molecule has 262 valence electrons. The Morgan fingerprint density at radius 3 is 1.40 bits per heavy atom. The molecule has 3 heteroatoms. The fourth-order valence-corrected chi connectivity index (χ4v) is 5.90. The van der Waals surface area contributed by atoms with E-state index in [0.717, 1.165) is 18.6 Å². The van der Waals surface area contributed by atoms with Crippen molar-refractivity contribution in [1.29, 1.82) is 0 Å². The van der Waals surface area contributed by atoms with Gasteiger partial charge in [0.25, 0.3) is 0 Å². The SMILES string of the molecule is CCCCCCCC/C=C\CCCCCCCC(N)=O.CCCCCCCCCCCCCCCCCc1cccc(OC)c1. The van der Waals surface area contributed by atoms with Gasteiger partial charge in [0.1, 0.15) is 5.75 Å². The Bertz CT molecular complexity index is 759. The summed E-state index contributed by atoms with van der Waals surface area (Å²) in [5.74, 6) is 0.820. The van der Waals surface area contributed by atoms with Crippen LogP contribution in [0.2, 0.25) is 0 Å². The Morgan fingerprint density at radius 1 is 0.578 bits per heavy atom. The van der Waals surface area contributed by atoms with Crippen LogP contribution in [0.3, 0.4) is 0 Å². The fraction of sp³-hybridized carbons (Fsp3) is 0.786. The highest BCUT2D eigenvalue weighted by Crippen LogP contribution is 2.17. The molecule has 0 fully saturated rings. The van der Waals surface area contributed by atoms with Gasteiger partial charge in [-0.05, 0) is 62.6 Å². The van der Waals surface area contributed by atoms with Crippen LogP contribution in [0.5, 0.6) is 5.75 Å². The first-order valence-corrected chi connectivity index (χ1v) is 19.7. The lowest BCUT2D eigenvalue weighted by Gasteiger charge is -2.05. The highest BCUT2D eigenvalue weighted by molar-refractivity contribution is 5.73. The second-order valence-electron chi connectivity index (χ2n) is 13.4. The maximum absolute atomic E-state index is 10.5. The maximum atomic E-state index is 10.5. The van der Waals surface area contributed by atoms with E-state index in [-0.39, 0.29) is 5.91 Å². The summed E-state index contributed by atoms with van der Waals surface area (Å²) in [6.45, 7) is 4.56. The number of aryl methyl sites for hydroxylation is 1. The van der Waals surface area contributed by atoms with Gasteiger partial charge in [-0.3, -0.25) is 4.79 Å². The lowest BCUT2D eigenvalue weighted by atomic mass is 10.0. The van der Waals surface area contributed by atoms with Gasteiger partial charge in [0.15, 0.2) is 0 Å². The highest BCUT2D eigenvalue weighted by atomic mass is 16.5. The number of hydrogen-bond donors (Lipinski definition) is 1. The summed E-state index contributed by atoms with van der Waals surface area (Å²) in [7, 11) is 1.74. The summed E-state index contributed by atoms with van der Waals surface area (Å²) in [5, 5.41) is 0. The van der Waals surface area contributed by atoms with Gasteiger partial charge in [0, 0.05) is 6.42 Å². The minimum atomic E-state index is -0.164. The number of allylic oxidation sites excluding steroid dienone is 2. The second-order valence-corrected chi connectivity index (χ2v) is 13.4. The first-order chi connectivity index (χ1) is 22.1. The molecule has 1 amide bonds. The van der Waals surface area contributed by atoms with Crippen molar-refractivity contribution in [2.75, 3.05) is 7.11 Å². The van der Waals surface area contributed by atoms with Crippen LogP contribution in [-0.2, 0) is 11.2 Å². The molecule has 0 saturated carbocycles. The van der Waals surface area contributed by atoms with Gasteiger partial charge >= 0.3 is 0 Å². The van der Waals surface area contributed by atoms with Crippen molar-refractivity contribution in [1.82, 2.24) is 0 Å². The maximum Gasteiger partial charge on any atom is 0.217 e. The predicted molar refractivity (Wildman–Crippen MR) is 200 cm³/mol. The van der Waals surface area contributed by atoms with Crippen molar-refractivity contribution < 1.29 is 9.53 Å². The summed E-state index contributed by atoms with van der Waals surface area (Å²) in [5.41, 5.74) is 6.51. The first-order valence-electron chi connectivity index (χ1n) is 19.7. The van der Waals surface area contributed by atoms with E-state index < -0.39 is 0 Å². The van der Waals surface area contributed by atoms with E-state index in [0.29, 0.717) is 6.42 Å². The van der Waals surface area contributed by atoms with Crippen molar-refractivity contribution in [3.63, 3.8) is 0 Å². The number of hydrogen-bond acceptors (Lipinski definition) is 2. The van der Waals surface area contributed by atoms with Gasteiger partial charge in [0.05, 0.1) is 7.11 Å². The van der Waals surface area contributed by atoms with E-state index in [1.807, 2.05) is 6.07 Å². The largest absolute Gasteiger partial charge is 0.497 e. The summed E-state index contributed by atoms with van der Waals surface area (Å²) < 4.78 is 5.28. The third kappa shape index (κ3) is 34.9. The molecule has 0 aliphatic heterocycles. The number of unbranched alkanes of at least 4 members (excludes halogenated alkanes) is 25. The summed E-state index contributed by atoms with van der Waals surface area (Å²) in [4.78, 5) is 10.5. The zero-order valence-electron chi connectivity index (χ0n) is 30.6. The molecule has 1 rings (SSSR count). The molecule has 0 aromatic heterocycles. The van der Waals surface area contributed by atoms with Crippen molar-refractivity contribution in [2.45, 2.75) is 206 Å². The Morgan fingerprint density at radius 2 is 0.978 bits per heavy atom. The zero-order chi connectivity index (χ0) is 32.9. The number of methoxy groups -OCH3 is 1. The van der Waals surface area contributed by atoms with Gasteiger partial charge in [0.2, 0.25) is 5.91 Å². The third-order valence-corrected chi connectivity index (χ3v) is 8.89. The van der Waals surface area contributed by atoms with Crippen molar-refractivity contribution >= 4 is 5.91 Å². The molecule has 1 aromatic carbocycles. The topological polar surface area (TPSA) is 52.3 Å². The Kier molecular flexibility index (Phi) is 35.3. The molecule has 0 bridgehead atoms. The third-order valence-electron chi connectivity index (χ3n) is 8.89. The number of carbonyl (C=O) groups excluding carboxylic acids is 1. The fourth-order valence-electron chi connectivity index (χ4n) is 5.90. The molecule has 45 heavy (non-hydrogen) atoms. The molecule has 0 unspecified atom stereocenters. The zero-order valence-corrected chi connectivity index (χ0v) is 30.6. The van der Waals surface area contributed by atoms with Gasteiger partial charge in [-0.15, -0.1) is 0 Å². The molecule has 0 aliphatic rings. The molecule has 0 saturated heterocycles. The van der Waals surface area contributed by atoms with Crippen molar-refractivity contribution in [2.24, 2.45) is 5.73 Å². The monoisotopic (exact) mass is 628 g/mol. The second kappa shape index (κ2) is 36.7. The van der Waals surface area contributed by atoms with Crippen LogP contribution < -0.4 is 10.5 Å². The van der Waals surface area contributed by atoms with Crippen LogP contribution >= 0.6 is 0 Å². The Balaban J connectivity index is 0.000000884. The normalized spacial score (nSPS) is 11.1. The average Bonchev–Trinajstić information content (AvgIpc) is 3.05. The minimum Gasteiger partial charge on any atom is -0.497 e. The molecule has 1 aromatic rings. The van der Waals surface area contributed by atoms with Crippen molar-refractivity contribution in [3.8, 4) is 5.75 Å². The Labute approximate surface area is 282 Å². The molecule has 0 spiro atoms. The average molecular weight is 628 g/mol. The molecule has 0 atom stereocenters. The van der Waals surface area contributed by atoms with E-state index in [9.17, 15) is 4.79 Å².